The number of carbonyl (C=O) groups excluding carboxylic acids is 1. The molecule has 0 bridgehead atoms. The molecule has 7 nitrogen and oxygen atoms in total. The van der Waals surface area contributed by atoms with Gasteiger partial charge in [0.1, 0.15) is 28.0 Å². The van der Waals surface area contributed by atoms with Gasteiger partial charge in [-0.25, -0.2) is 0 Å². The molecule has 1 aliphatic rings. The molecule has 1 aliphatic heterocycles. The number of likely N-dealkylation sites (tertiary alicyclic amines) is 1. The summed E-state index contributed by atoms with van der Waals surface area (Å²) in [6.45, 7) is 4.98. The van der Waals surface area contributed by atoms with E-state index in [1.54, 1.807) is 25.4 Å². The molecule has 0 saturated carbocycles. The number of ether oxygens (including phenoxy) is 2. The van der Waals surface area contributed by atoms with Crippen molar-refractivity contribution in [2.75, 3.05) is 20.2 Å². The summed E-state index contributed by atoms with van der Waals surface area (Å²) in [7, 11) is 1.57. The van der Waals surface area contributed by atoms with Crippen molar-refractivity contribution in [3.05, 3.63) is 78.6 Å². The SMILES string of the molecule is C=CC(=O)N1CCCC(n2nc(-c3ccc(Oc4cccc(OC)c4Cl)cc3)c3cnccc32)C1. The second kappa shape index (κ2) is 9.80. The number of carbonyl (C=O) groups is 1. The predicted octanol–water partition coefficient (Wildman–Crippen LogP) is 5.90. The zero-order valence-electron chi connectivity index (χ0n) is 19.4. The molecule has 35 heavy (non-hydrogen) atoms. The van der Waals surface area contributed by atoms with Gasteiger partial charge in [0, 0.05) is 36.4 Å². The van der Waals surface area contributed by atoms with E-state index in [9.17, 15) is 4.79 Å². The van der Waals surface area contributed by atoms with Crippen molar-refractivity contribution in [3.63, 3.8) is 0 Å². The van der Waals surface area contributed by atoms with Gasteiger partial charge in [-0.3, -0.25) is 14.5 Å². The Morgan fingerprint density at radius 1 is 1.17 bits per heavy atom. The minimum absolute atomic E-state index is 0.0419. The average Bonchev–Trinajstić information content (AvgIpc) is 3.30. The third-order valence-electron chi connectivity index (χ3n) is 6.24. The molecule has 2 aromatic carbocycles. The van der Waals surface area contributed by atoms with E-state index in [1.807, 2.05) is 52.2 Å². The molecule has 178 valence electrons. The molecule has 4 aromatic rings. The third-order valence-corrected chi connectivity index (χ3v) is 6.61. The summed E-state index contributed by atoms with van der Waals surface area (Å²) in [5.41, 5.74) is 2.78. The second-order valence-corrected chi connectivity index (χ2v) is 8.75. The van der Waals surface area contributed by atoms with Crippen LogP contribution in [0.3, 0.4) is 0 Å². The maximum Gasteiger partial charge on any atom is 0.246 e. The van der Waals surface area contributed by atoms with Crippen molar-refractivity contribution in [3.8, 4) is 28.5 Å². The number of pyridine rings is 1. The second-order valence-electron chi connectivity index (χ2n) is 8.37. The molecule has 0 aliphatic carbocycles. The van der Waals surface area contributed by atoms with Crippen LogP contribution in [0.2, 0.25) is 5.02 Å². The van der Waals surface area contributed by atoms with Crippen LogP contribution in [0.1, 0.15) is 18.9 Å². The smallest absolute Gasteiger partial charge is 0.246 e. The van der Waals surface area contributed by atoms with Crippen molar-refractivity contribution < 1.29 is 14.3 Å². The molecular formula is C27H25ClN4O3. The molecule has 0 spiro atoms. The molecule has 8 heteroatoms. The highest BCUT2D eigenvalue weighted by Gasteiger charge is 2.26. The molecule has 1 atom stereocenters. The summed E-state index contributed by atoms with van der Waals surface area (Å²) in [5.74, 6) is 1.69. The quantitative estimate of drug-likeness (QED) is 0.316. The molecular weight excluding hydrogens is 464 g/mol. The maximum absolute atomic E-state index is 12.2. The highest BCUT2D eigenvalue weighted by atomic mass is 35.5. The van der Waals surface area contributed by atoms with Gasteiger partial charge in [-0.1, -0.05) is 24.2 Å². The Bertz CT molecular complexity index is 1380. The van der Waals surface area contributed by atoms with Crippen LogP contribution in [-0.2, 0) is 4.79 Å². The van der Waals surface area contributed by atoms with Crippen LogP contribution < -0.4 is 9.47 Å². The third kappa shape index (κ3) is 4.47. The van der Waals surface area contributed by atoms with Crippen molar-refractivity contribution in [1.82, 2.24) is 19.7 Å². The zero-order chi connectivity index (χ0) is 24.4. The maximum atomic E-state index is 12.2. The fraction of sp³-hybridized carbons (Fsp3) is 0.222. The van der Waals surface area contributed by atoms with Gasteiger partial charge >= 0.3 is 0 Å². The highest BCUT2D eigenvalue weighted by Crippen LogP contribution is 2.37. The van der Waals surface area contributed by atoms with Crippen LogP contribution in [0.15, 0.2) is 73.6 Å². The van der Waals surface area contributed by atoms with Crippen molar-refractivity contribution >= 4 is 28.4 Å². The Balaban J connectivity index is 1.45. The Hall–Kier alpha value is -3.84. The summed E-state index contributed by atoms with van der Waals surface area (Å²) >= 11 is 6.37. The number of piperidine rings is 1. The number of benzene rings is 2. The zero-order valence-corrected chi connectivity index (χ0v) is 20.1. The number of nitrogens with zero attached hydrogens (tertiary/aromatic N) is 4. The summed E-state index contributed by atoms with van der Waals surface area (Å²) in [4.78, 5) is 18.4. The topological polar surface area (TPSA) is 69.5 Å². The Kier molecular flexibility index (Phi) is 6.42. The number of halogens is 1. The van der Waals surface area contributed by atoms with Gasteiger partial charge in [-0.2, -0.15) is 5.10 Å². The van der Waals surface area contributed by atoms with Crippen LogP contribution in [0, 0.1) is 0 Å². The Labute approximate surface area is 208 Å². The summed E-state index contributed by atoms with van der Waals surface area (Å²) in [6.07, 6.45) is 6.86. The minimum Gasteiger partial charge on any atom is -0.495 e. The van der Waals surface area contributed by atoms with Gasteiger partial charge < -0.3 is 14.4 Å². The van der Waals surface area contributed by atoms with Crippen LogP contribution in [-0.4, -0.2) is 45.8 Å². The van der Waals surface area contributed by atoms with Crippen LogP contribution >= 0.6 is 11.6 Å². The number of hydrogen-bond donors (Lipinski definition) is 0. The minimum atomic E-state index is -0.0419. The van der Waals surface area contributed by atoms with E-state index < -0.39 is 0 Å². The number of amides is 1. The summed E-state index contributed by atoms with van der Waals surface area (Å²) in [6, 6.07) is 15.2. The van der Waals surface area contributed by atoms with Gasteiger partial charge in [0.15, 0.2) is 0 Å². The first kappa shape index (κ1) is 22.9. The molecule has 5 rings (SSSR count). The molecule has 1 unspecified atom stereocenters. The molecule has 1 amide bonds. The van der Waals surface area contributed by atoms with Gasteiger partial charge in [0.25, 0.3) is 0 Å². The molecule has 0 radical (unpaired) electrons. The molecule has 0 N–H and O–H groups in total. The lowest BCUT2D eigenvalue weighted by Crippen LogP contribution is -2.40. The van der Waals surface area contributed by atoms with E-state index >= 15 is 0 Å². The molecule has 1 fully saturated rings. The molecule has 1 saturated heterocycles. The van der Waals surface area contributed by atoms with Gasteiger partial charge in [-0.05, 0) is 61.4 Å². The van der Waals surface area contributed by atoms with Gasteiger partial charge in [0.05, 0.1) is 18.7 Å². The molecule has 2 aromatic heterocycles. The van der Waals surface area contributed by atoms with Gasteiger partial charge in [0.2, 0.25) is 5.91 Å². The van der Waals surface area contributed by atoms with Crippen LogP contribution in [0.5, 0.6) is 17.2 Å². The van der Waals surface area contributed by atoms with E-state index in [4.69, 9.17) is 26.2 Å². The van der Waals surface area contributed by atoms with E-state index in [1.165, 1.54) is 6.08 Å². The Morgan fingerprint density at radius 2 is 1.97 bits per heavy atom. The van der Waals surface area contributed by atoms with E-state index in [-0.39, 0.29) is 11.9 Å². The highest BCUT2D eigenvalue weighted by molar-refractivity contribution is 6.33. The summed E-state index contributed by atoms with van der Waals surface area (Å²) in [5, 5.41) is 6.37. The molecule has 3 heterocycles. The number of hydrogen-bond acceptors (Lipinski definition) is 5. The summed E-state index contributed by atoms with van der Waals surface area (Å²) < 4.78 is 13.3. The average molecular weight is 489 g/mol. The predicted molar refractivity (Wildman–Crippen MR) is 136 cm³/mol. The van der Waals surface area contributed by atoms with E-state index in [0.29, 0.717) is 28.8 Å². The van der Waals surface area contributed by atoms with Crippen LogP contribution in [0.4, 0.5) is 0 Å². The van der Waals surface area contributed by atoms with Crippen molar-refractivity contribution in [2.45, 2.75) is 18.9 Å². The monoisotopic (exact) mass is 488 g/mol. The first-order valence-electron chi connectivity index (χ1n) is 11.4. The number of methoxy groups -OCH3 is 1. The lowest BCUT2D eigenvalue weighted by molar-refractivity contribution is -0.127. The standard InChI is InChI=1S/C27H25ClN4O3/c1-3-25(33)31-15-5-6-19(17-31)32-22-13-14-29-16-21(22)27(30-32)18-9-11-20(12-10-18)35-24-8-4-7-23(34-2)26(24)28/h3-4,7-14,16,19H,1,5-6,15,17H2,2H3. The van der Waals surface area contributed by atoms with Crippen molar-refractivity contribution in [1.29, 1.82) is 0 Å². The van der Waals surface area contributed by atoms with Crippen molar-refractivity contribution in [2.24, 2.45) is 0 Å². The fourth-order valence-electron chi connectivity index (χ4n) is 4.49. The first-order chi connectivity index (χ1) is 17.1. The lowest BCUT2D eigenvalue weighted by atomic mass is 10.1. The Morgan fingerprint density at radius 3 is 2.74 bits per heavy atom. The van der Waals surface area contributed by atoms with E-state index in [2.05, 4.69) is 11.6 Å². The van der Waals surface area contributed by atoms with Gasteiger partial charge in [-0.15, -0.1) is 0 Å². The van der Waals surface area contributed by atoms with Crippen LogP contribution in [0.25, 0.3) is 22.2 Å². The normalized spacial score (nSPS) is 15.7. The number of fused-ring (bicyclic) bond motifs is 1. The number of rotatable bonds is 6. The van der Waals surface area contributed by atoms with E-state index in [0.717, 1.165) is 41.5 Å². The largest absolute Gasteiger partial charge is 0.495 e. The fourth-order valence-corrected chi connectivity index (χ4v) is 4.74. The number of aromatic nitrogens is 3. The first-order valence-corrected chi connectivity index (χ1v) is 11.8. The lowest BCUT2D eigenvalue weighted by Gasteiger charge is -2.32.